The first-order valence-electron chi connectivity index (χ1n) is 10.5. The molecule has 0 radical (unpaired) electrons. The number of rotatable bonds is 3. The Kier molecular flexibility index (Phi) is 3.72. The second kappa shape index (κ2) is 6.32. The number of nitro groups is 1. The molecule has 4 amide bonds. The molecule has 2 bridgehead atoms. The maximum Gasteiger partial charge on any atom is 0.270 e. The molecule has 4 atom stereocenters. The van der Waals surface area contributed by atoms with Crippen LogP contribution in [0.1, 0.15) is 40.0 Å². The fraction of sp³-hybridized carbons (Fsp3) is 0.304. The molecule has 0 spiro atoms. The highest BCUT2D eigenvalue weighted by atomic mass is 16.6. The monoisotopic (exact) mass is 431 g/mol. The summed E-state index contributed by atoms with van der Waals surface area (Å²) in [6.07, 6.45) is 2.95. The summed E-state index contributed by atoms with van der Waals surface area (Å²) >= 11 is 0. The lowest BCUT2D eigenvalue weighted by molar-refractivity contribution is -0.384. The fourth-order valence-corrected chi connectivity index (χ4v) is 5.99. The first-order valence-corrected chi connectivity index (χ1v) is 10.5. The lowest BCUT2D eigenvalue weighted by Gasteiger charge is -2.19. The van der Waals surface area contributed by atoms with Gasteiger partial charge in [0.2, 0.25) is 11.8 Å². The topological polar surface area (TPSA) is 118 Å². The molecule has 9 nitrogen and oxygen atoms in total. The third-order valence-electron chi connectivity index (χ3n) is 7.37. The molecule has 0 aromatic heterocycles. The zero-order valence-corrected chi connectivity index (χ0v) is 16.8. The molecule has 2 heterocycles. The average Bonchev–Trinajstić information content (AvgIpc) is 3.52. The predicted octanol–water partition coefficient (Wildman–Crippen LogP) is 2.93. The summed E-state index contributed by atoms with van der Waals surface area (Å²) in [7, 11) is 0. The number of hydrogen-bond donors (Lipinski definition) is 0. The quantitative estimate of drug-likeness (QED) is 0.419. The van der Waals surface area contributed by atoms with E-state index in [-0.39, 0.29) is 58.0 Å². The van der Waals surface area contributed by atoms with Gasteiger partial charge in [0.25, 0.3) is 17.5 Å². The molecule has 32 heavy (non-hydrogen) atoms. The van der Waals surface area contributed by atoms with E-state index in [1.807, 2.05) is 0 Å². The molecular formula is C23H17N3O6. The van der Waals surface area contributed by atoms with Crippen LogP contribution in [0.5, 0.6) is 0 Å². The van der Waals surface area contributed by atoms with Gasteiger partial charge in [-0.05, 0) is 61.4 Å². The van der Waals surface area contributed by atoms with Crippen molar-refractivity contribution in [3.8, 4) is 0 Å². The van der Waals surface area contributed by atoms with Crippen LogP contribution in [-0.4, -0.2) is 28.6 Å². The molecular weight excluding hydrogens is 414 g/mol. The summed E-state index contributed by atoms with van der Waals surface area (Å²) in [6.45, 7) is 0. The van der Waals surface area contributed by atoms with E-state index in [1.165, 1.54) is 29.2 Å². The van der Waals surface area contributed by atoms with E-state index in [9.17, 15) is 29.3 Å². The van der Waals surface area contributed by atoms with Crippen molar-refractivity contribution in [3.63, 3.8) is 0 Å². The summed E-state index contributed by atoms with van der Waals surface area (Å²) in [5.74, 6) is -1.43. The van der Waals surface area contributed by atoms with Crippen LogP contribution in [0.15, 0.2) is 42.5 Å². The van der Waals surface area contributed by atoms with Crippen molar-refractivity contribution in [2.75, 3.05) is 9.80 Å². The van der Waals surface area contributed by atoms with E-state index < -0.39 is 16.7 Å². The Hall–Kier alpha value is -3.88. The number of non-ortho nitro benzene ring substituents is 1. The third-order valence-corrected chi connectivity index (χ3v) is 7.37. The van der Waals surface area contributed by atoms with Crippen molar-refractivity contribution in [2.24, 2.45) is 23.7 Å². The number of amides is 4. The molecule has 160 valence electrons. The summed E-state index contributed by atoms with van der Waals surface area (Å²) in [6, 6.07) is 9.68. The summed E-state index contributed by atoms with van der Waals surface area (Å²) in [5.41, 5.74) is 0.485. The molecule has 2 aliphatic heterocycles. The van der Waals surface area contributed by atoms with Gasteiger partial charge in [0.05, 0.1) is 39.3 Å². The highest BCUT2D eigenvalue weighted by molar-refractivity contribution is 6.34. The normalized spacial score (nSPS) is 28.0. The Bertz CT molecular complexity index is 1220. The second-order valence-corrected chi connectivity index (χ2v) is 8.85. The molecule has 2 saturated carbocycles. The van der Waals surface area contributed by atoms with Crippen molar-refractivity contribution in [1.82, 2.24) is 0 Å². The number of carbonyl (C=O) groups is 4. The highest BCUT2D eigenvalue weighted by Crippen LogP contribution is 2.56. The van der Waals surface area contributed by atoms with Crippen LogP contribution in [0.25, 0.3) is 0 Å². The lowest BCUT2D eigenvalue weighted by atomic mass is 9.81. The van der Waals surface area contributed by atoms with Crippen molar-refractivity contribution >= 4 is 40.7 Å². The number of carbonyl (C=O) groups excluding carboxylic acids is 4. The van der Waals surface area contributed by atoms with Crippen LogP contribution in [0.4, 0.5) is 17.1 Å². The van der Waals surface area contributed by atoms with Crippen LogP contribution in [0, 0.1) is 33.8 Å². The van der Waals surface area contributed by atoms with Gasteiger partial charge in [0, 0.05) is 12.1 Å². The van der Waals surface area contributed by atoms with E-state index in [0.717, 1.165) is 30.2 Å². The third kappa shape index (κ3) is 2.33. The number of anilines is 2. The van der Waals surface area contributed by atoms with Gasteiger partial charge in [-0.25, -0.2) is 4.90 Å². The van der Waals surface area contributed by atoms with E-state index >= 15 is 0 Å². The van der Waals surface area contributed by atoms with E-state index in [2.05, 4.69) is 0 Å². The molecule has 0 unspecified atom stereocenters. The first-order chi connectivity index (χ1) is 15.4. The Morgan fingerprint density at radius 1 is 0.750 bits per heavy atom. The largest absolute Gasteiger partial charge is 0.274 e. The minimum absolute atomic E-state index is 0.0264. The van der Waals surface area contributed by atoms with Gasteiger partial charge in [-0.2, -0.15) is 0 Å². The van der Waals surface area contributed by atoms with Gasteiger partial charge in [0.15, 0.2) is 0 Å². The van der Waals surface area contributed by atoms with E-state index in [4.69, 9.17) is 0 Å². The summed E-state index contributed by atoms with van der Waals surface area (Å²) < 4.78 is 0. The van der Waals surface area contributed by atoms with E-state index in [0.29, 0.717) is 5.69 Å². The average molecular weight is 431 g/mol. The van der Waals surface area contributed by atoms with Crippen LogP contribution in [0.3, 0.4) is 0 Å². The molecule has 2 aromatic carbocycles. The molecule has 3 fully saturated rings. The number of imide groups is 2. The lowest BCUT2D eigenvalue weighted by Crippen LogP contribution is -2.33. The minimum Gasteiger partial charge on any atom is -0.274 e. The molecule has 4 aliphatic rings. The smallest absolute Gasteiger partial charge is 0.270 e. The molecule has 1 saturated heterocycles. The highest BCUT2D eigenvalue weighted by Gasteiger charge is 2.61. The second-order valence-electron chi connectivity index (χ2n) is 8.85. The maximum atomic E-state index is 13.0. The maximum absolute atomic E-state index is 13.0. The molecule has 2 aromatic rings. The van der Waals surface area contributed by atoms with Crippen molar-refractivity contribution in [1.29, 1.82) is 0 Å². The summed E-state index contributed by atoms with van der Waals surface area (Å²) in [5, 5.41) is 11.0. The Balaban J connectivity index is 1.29. The van der Waals surface area contributed by atoms with Crippen LogP contribution < -0.4 is 9.80 Å². The number of fused-ring (bicyclic) bond motifs is 6. The van der Waals surface area contributed by atoms with Crippen LogP contribution in [0.2, 0.25) is 0 Å². The van der Waals surface area contributed by atoms with Gasteiger partial charge in [-0.1, -0.05) is 0 Å². The predicted molar refractivity (Wildman–Crippen MR) is 111 cm³/mol. The van der Waals surface area contributed by atoms with Gasteiger partial charge < -0.3 is 0 Å². The zero-order chi connectivity index (χ0) is 22.3. The SMILES string of the molecule is O=C1c2ccc([N+](=O)[O-])cc2C(=O)N1c1ccc(N2C(=O)[C@@H]3[C@H]4CC[C@H](C4)[C@@H]3C2=O)cc1. The van der Waals surface area contributed by atoms with Gasteiger partial charge in [-0.3, -0.25) is 34.2 Å². The minimum atomic E-state index is -0.652. The van der Waals surface area contributed by atoms with Crippen molar-refractivity contribution in [2.45, 2.75) is 19.3 Å². The van der Waals surface area contributed by atoms with E-state index in [1.54, 1.807) is 12.1 Å². The number of nitrogens with zero attached hydrogens (tertiary/aromatic N) is 3. The van der Waals surface area contributed by atoms with Crippen LogP contribution in [-0.2, 0) is 9.59 Å². The Labute approximate surface area is 181 Å². The fourth-order valence-electron chi connectivity index (χ4n) is 5.99. The van der Waals surface area contributed by atoms with Gasteiger partial charge in [-0.15, -0.1) is 0 Å². The van der Waals surface area contributed by atoms with Crippen molar-refractivity contribution in [3.05, 3.63) is 63.7 Å². The zero-order valence-electron chi connectivity index (χ0n) is 16.8. The number of hydrogen-bond acceptors (Lipinski definition) is 6. The van der Waals surface area contributed by atoms with Crippen molar-refractivity contribution < 1.29 is 24.1 Å². The first kappa shape index (κ1) is 18.9. The van der Waals surface area contributed by atoms with Gasteiger partial charge in [0.1, 0.15) is 0 Å². The Morgan fingerprint density at radius 2 is 1.28 bits per heavy atom. The van der Waals surface area contributed by atoms with Gasteiger partial charge >= 0.3 is 0 Å². The molecule has 9 heteroatoms. The summed E-state index contributed by atoms with van der Waals surface area (Å²) in [4.78, 5) is 64.1. The number of benzene rings is 2. The Morgan fingerprint density at radius 3 is 1.84 bits per heavy atom. The standard InChI is InChI=1S/C23H17N3O6/c27-20-16-8-7-15(26(31)32)10-17(16)21(28)24(20)13-3-5-14(6-4-13)25-22(29)18-11-1-2-12(9-11)19(18)23(25)30/h3-8,10-12,18-19H,1-2,9H2/t11-,12+,18+,19-. The molecule has 6 rings (SSSR count). The number of nitro benzene ring substituents is 1. The van der Waals surface area contributed by atoms with Crippen LogP contribution >= 0.6 is 0 Å². The molecule has 2 aliphatic carbocycles. The molecule has 0 N–H and O–H groups in total.